The van der Waals surface area contributed by atoms with Crippen molar-refractivity contribution in [3.8, 4) is 0 Å². The van der Waals surface area contributed by atoms with Crippen molar-refractivity contribution in [2.75, 3.05) is 12.3 Å². The van der Waals surface area contributed by atoms with Crippen molar-refractivity contribution in [3.05, 3.63) is 75.8 Å². The van der Waals surface area contributed by atoms with Gasteiger partial charge in [0.1, 0.15) is 6.04 Å². The summed E-state index contributed by atoms with van der Waals surface area (Å²) in [6.45, 7) is 6.36. The van der Waals surface area contributed by atoms with Crippen LogP contribution in [0.3, 0.4) is 0 Å². The Hall–Kier alpha value is -2.87. The summed E-state index contributed by atoms with van der Waals surface area (Å²) >= 11 is 1.44. The van der Waals surface area contributed by atoms with E-state index in [9.17, 15) is 19.7 Å². The van der Waals surface area contributed by atoms with E-state index in [1.165, 1.54) is 23.9 Å². The molecule has 2 amide bonds. The summed E-state index contributed by atoms with van der Waals surface area (Å²) in [6.07, 6.45) is 2.04. The molecule has 33 heavy (non-hydrogen) atoms. The van der Waals surface area contributed by atoms with Crippen molar-refractivity contribution >= 4 is 29.3 Å². The van der Waals surface area contributed by atoms with Crippen LogP contribution in [-0.4, -0.2) is 46.0 Å². The molecular formula is C25H33N3O4S. The van der Waals surface area contributed by atoms with E-state index in [0.29, 0.717) is 25.1 Å². The molecule has 2 aromatic rings. The number of hydrogen-bond acceptors (Lipinski definition) is 5. The fourth-order valence-electron chi connectivity index (χ4n) is 3.39. The van der Waals surface area contributed by atoms with E-state index < -0.39 is 11.0 Å². The number of rotatable bonds is 13. The molecule has 7 nitrogen and oxygen atoms in total. The Balaban J connectivity index is 2.05. The highest BCUT2D eigenvalue weighted by Gasteiger charge is 2.28. The second-order valence-corrected chi connectivity index (χ2v) is 8.97. The SMILES string of the molecule is CC[C@H](C(=O)N[C@@H](C)CC)N(CCc1ccccc1)C(=O)CSCc1ccc([N+](=O)[O-])cc1. The summed E-state index contributed by atoms with van der Waals surface area (Å²) in [5.41, 5.74) is 2.08. The van der Waals surface area contributed by atoms with Gasteiger partial charge in [-0.2, -0.15) is 0 Å². The third-order valence-electron chi connectivity index (χ3n) is 5.51. The Morgan fingerprint density at radius 2 is 1.70 bits per heavy atom. The molecule has 0 fully saturated rings. The lowest BCUT2D eigenvalue weighted by Gasteiger charge is -2.31. The molecule has 8 heteroatoms. The minimum atomic E-state index is -0.518. The first-order chi connectivity index (χ1) is 15.8. The number of nitrogens with zero attached hydrogens (tertiary/aromatic N) is 2. The van der Waals surface area contributed by atoms with Gasteiger partial charge in [0.05, 0.1) is 10.7 Å². The Bertz CT molecular complexity index is 906. The third-order valence-corrected chi connectivity index (χ3v) is 6.50. The summed E-state index contributed by atoms with van der Waals surface area (Å²) in [7, 11) is 0. The first-order valence-corrected chi connectivity index (χ1v) is 12.5. The van der Waals surface area contributed by atoms with Crippen LogP contribution >= 0.6 is 11.8 Å². The van der Waals surface area contributed by atoms with Gasteiger partial charge in [0.25, 0.3) is 5.69 Å². The van der Waals surface area contributed by atoms with Gasteiger partial charge in [-0.3, -0.25) is 19.7 Å². The van der Waals surface area contributed by atoms with E-state index in [0.717, 1.165) is 17.5 Å². The van der Waals surface area contributed by atoms with Gasteiger partial charge in [0.2, 0.25) is 11.8 Å². The molecule has 0 spiro atoms. The van der Waals surface area contributed by atoms with Gasteiger partial charge in [0.15, 0.2) is 0 Å². The van der Waals surface area contributed by atoms with Crippen molar-refractivity contribution in [2.45, 2.75) is 57.9 Å². The van der Waals surface area contributed by atoms with Crippen molar-refractivity contribution in [3.63, 3.8) is 0 Å². The van der Waals surface area contributed by atoms with Crippen molar-refractivity contribution in [1.29, 1.82) is 0 Å². The van der Waals surface area contributed by atoms with Crippen LogP contribution in [0.2, 0.25) is 0 Å². The molecule has 2 rings (SSSR count). The van der Waals surface area contributed by atoms with E-state index in [-0.39, 0.29) is 29.3 Å². The smallest absolute Gasteiger partial charge is 0.269 e. The minimum Gasteiger partial charge on any atom is -0.352 e. The van der Waals surface area contributed by atoms with Crippen molar-refractivity contribution in [2.24, 2.45) is 0 Å². The lowest BCUT2D eigenvalue weighted by atomic mass is 10.1. The number of non-ortho nitro benzene ring substituents is 1. The number of benzene rings is 2. The van der Waals surface area contributed by atoms with Crippen LogP contribution in [0.1, 0.15) is 44.7 Å². The Morgan fingerprint density at radius 3 is 2.27 bits per heavy atom. The maximum Gasteiger partial charge on any atom is 0.269 e. The Labute approximate surface area is 200 Å². The van der Waals surface area contributed by atoms with E-state index in [4.69, 9.17) is 0 Å². The molecule has 0 heterocycles. The zero-order valence-electron chi connectivity index (χ0n) is 19.5. The van der Waals surface area contributed by atoms with Gasteiger partial charge in [-0.05, 0) is 37.3 Å². The highest BCUT2D eigenvalue weighted by atomic mass is 32.2. The summed E-state index contributed by atoms with van der Waals surface area (Å²) in [5.74, 6) is 0.600. The molecule has 0 saturated heterocycles. The van der Waals surface area contributed by atoms with Crippen LogP contribution in [-0.2, 0) is 21.8 Å². The number of amides is 2. The highest BCUT2D eigenvalue weighted by molar-refractivity contribution is 7.99. The predicted molar refractivity (Wildman–Crippen MR) is 133 cm³/mol. The van der Waals surface area contributed by atoms with Gasteiger partial charge < -0.3 is 10.2 Å². The zero-order valence-corrected chi connectivity index (χ0v) is 20.3. The van der Waals surface area contributed by atoms with Crippen LogP contribution < -0.4 is 5.32 Å². The zero-order chi connectivity index (χ0) is 24.2. The molecule has 1 N–H and O–H groups in total. The highest BCUT2D eigenvalue weighted by Crippen LogP contribution is 2.18. The largest absolute Gasteiger partial charge is 0.352 e. The normalized spacial score (nSPS) is 12.6. The topological polar surface area (TPSA) is 92.6 Å². The molecular weight excluding hydrogens is 438 g/mol. The standard InChI is InChI=1S/C25H33N3O4S/c1-4-19(3)26-25(30)23(5-2)27(16-15-20-9-7-6-8-10-20)24(29)18-33-17-21-11-13-22(14-12-21)28(31)32/h6-14,19,23H,4-5,15-18H2,1-3H3,(H,26,30)/t19-,23+/m0/s1. The molecule has 0 aliphatic heterocycles. The van der Waals surface area contributed by atoms with Crippen LogP contribution in [0.25, 0.3) is 0 Å². The van der Waals surface area contributed by atoms with Gasteiger partial charge in [-0.15, -0.1) is 11.8 Å². The van der Waals surface area contributed by atoms with E-state index in [1.54, 1.807) is 17.0 Å². The van der Waals surface area contributed by atoms with Gasteiger partial charge in [-0.1, -0.05) is 56.3 Å². The Kier molecular flexibility index (Phi) is 10.9. The van der Waals surface area contributed by atoms with Crippen LogP contribution in [0.4, 0.5) is 5.69 Å². The van der Waals surface area contributed by atoms with Gasteiger partial charge in [0, 0.05) is 30.5 Å². The summed E-state index contributed by atoms with van der Waals surface area (Å²) < 4.78 is 0. The Morgan fingerprint density at radius 1 is 1.03 bits per heavy atom. The molecule has 2 aromatic carbocycles. The maximum absolute atomic E-state index is 13.2. The van der Waals surface area contributed by atoms with Gasteiger partial charge in [-0.25, -0.2) is 0 Å². The second-order valence-electron chi connectivity index (χ2n) is 7.98. The molecule has 0 unspecified atom stereocenters. The summed E-state index contributed by atoms with van der Waals surface area (Å²) in [6, 6.07) is 15.8. The number of thioether (sulfide) groups is 1. The monoisotopic (exact) mass is 471 g/mol. The van der Waals surface area contributed by atoms with Crippen LogP contribution in [0.15, 0.2) is 54.6 Å². The molecule has 0 bridgehead atoms. The molecule has 0 aromatic heterocycles. The van der Waals surface area contributed by atoms with Crippen LogP contribution in [0, 0.1) is 10.1 Å². The number of hydrogen-bond donors (Lipinski definition) is 1. The average Bonchev–Trinajstić information content (AvgIpc) is 2.82. The number of carbonyl (C=O) groups excluding carboxylic acids is 2. The molecule has 0 aliphatic carbocycles. The van der Waals surface area contributed by atoms with Crippen LogP contribution in [0.5, 0.6) is 0 Å². The number of nitro groups is 1. The number of nitro benzene ring substituents is 1. The third kappa shape index (κ3) is 8.53. The lowest BCUT2D eigenvalue weighted by Crippen LogP contribution is -2.52. The second kappa shape index (κ2) is 13.6. The average molecular weight is 472 g/mol. The summed E-state index contributed by atoms with van der Waals surface area (Å²) in [5, 5.41) is 13.8. The minimum absolute atomic E-state index is 0.0463. The number of nitrogens with one attached hydrogen (secondary N) is 1. The fraction of sp³-hybridized carbons (Fsp3) is 0.440. The predicted octanol–water partition coefficient (Wildman–Crippen LogP) is 4.59. The van der Waals surface area contributed by atoms with E-state index in [2.05, 4.69) is 5.32 Å². The van der Waals surface area contributed by atoms with E-state index in [1.807, 2.05) is 51.1 Å². The molecule has 0 radical (unpaired) electrons. The molecule has 0 aliphatic rings. The molecule has 178 valence electrons. The fourth-order valence-corrected chi connectivity index (χ4v) is 4.26. The maximum atomic E-state index is 13.2. The van der Waals surface area contributed by atoms with Crippen molar-refractivity contribution in [1.82, 2.24) is 10.2 Å². The quantitative estimate of drug-likeness (QED) is 0.341. The first-order valence-electron chi connectivity index (χ1n) is 11.3. The summed E-state index contributed by atoms with van der Waals surface area (Å²) in [4.78, 5) is 38.2. The lowest BCUT2D eigenvalue weighted by molar-refractivity contribution is -0.384. The van der Waals surface area contributed by atoms with E-state index >= 15 is 0 Å². The van der Waals surface area contributed by atoms with Gasteiger partial charge >= 0.3 is 0 Å². The molecule has 0 saturated carbocycles. The molecule has 2 atom stereocenters. The number of carbonyl (C=O) groups is 2. The van der Waals surface area contributed by atoms with Crippen molar-refractivity contribution < 1.29 is 14.5 Å². The first kappa shape index (κ1) is 26.4.